The van der Waals surface area contributed by atoms with Gasteiger partial charge in [-0.1, -0.05) is 0 Å². The van der Waals surface area contributed by atoms with Crippen molar-refractivity contribution in [3.8, 4) is 5.75 Å². The second-order valence-corrected chi connectivity index (χ2v) is 2.19. The lowest BCUT2D eigenvalue weighted by Crippen LogP contribution is -2.13. The van der Waals surface area contributed by atoms with Gasteiger partial charge in [0.15, 0.2) is 11.6 Å². The second kappa shape index (κ2) is 2.90. The summed E-state index contributed by atoms with van der Waals surface area (Å²) in [6.45, 7) is 0. The van der Waals surface area contributed by atoms with Gasteiger partial charge in [-0.25, -0.2) is 8.78 Å². The Kier molecular flexibility index (Phi) is 2.12. The molecule has 1 nitrogen and oxygen atoms in total. The summed E-state index contributed by atoms with van der Waals surface area (Å²) < 4.78 is 30.1. The predicted molar refractivity (Wildman–Crippen MR) is 41.1 cm³/mol. The van der Waals surface area contributed by atoms with Crippen LogP contribution in [0.4, 0.5) is 8.78 Å². The zero-order chi connectivity index (χ0) is 8.43. The van der Waals surface area contributed by atoms with E-state index in [1.54, 1.807) is 0 Å². The molecule has 0 aliphatic rings. The molecular weight excluding hydrogens is 149 g/mol. The minimum atomic E-state index is -0.536. The number of halogens is 2. The first-order valence-electron chi connectivity index (χ1n) is 3.15. The predicted octanol–water partition coefficient (Wildman–Crippen LogP) is 0.232. The van der Waals surface area contributed by atoms with Crippen LogP contribution in [0.5, 0.6) is 5.75 Å². The minimum Gasteiger partial charge on any atom is -0.494 e. The summed E-state index contributed by atoms with van der Waals surface area (Å²) in [6.07, 6.45) is 0. The summed E-state index contributed by atoms with van der Waals surface area (Å²) in [4.78, 5) is 0. The third-order valence-corrected chi connectivity index (χ3v) is 1.50. The number of benzene rings is 1. The average Bonchev–Trinajstić information content (AvgIpc) is 1.99. The molecule has 0 unspecified atom stereocenters. The monoisotopic (exact) mass is 156 g/mol. The molecule has 0 amide bonds. The molecule has 58 valence electrons. The highest BCUT2D eigenvalue weighted by Crippen LogP contribution is 2.13. The van der Waals surface area contributed by atoms with Crippen LogP contribution in [0.15, 0.2) is 12.1 Å². The standard InChI is InChI=1S/C7H7BF2O/c1-11-7-5(10)3-2-4(9)6(7)8/h2-3H,8H2,1H3. The molecule has 0 fully saturated rings. The normalized spacial score (nSPS) is 9.73. The van der Waals surface area contributed by atoms with E-state index in [1.165, 1.54) is 15.0 Å². The third-order valence-electron chi connectivity index (χ3n) is 1.50. The zero-order valence-electron chi connectivity index (χ0n) is 6.32. The van der Waals surface area contributed by atoms with Crippen molar-refractivity contribution in [1.82, 2.24) is 0 Å². The first kappa shape index (κ1) is 8.05. The SMILES string of the molecule is Bc1c(F)ccc(F)c1OC. The van der Waals surface area contributed by atoms with Crippen molar-refractivity contribution in [1.29, 1.82) is 0 Å². The van der Waals surface area contributed by atoms with Crippen LogP contribution in [0.3, 0.4) is 0 Å². The van der Waals surface area contributed by atoms with E-state index in [-0.39, 0.29) is 11.2 Å². The molecule has 0 N–H and O–H groups in total. The van der Waals surface area contributed by atoms with Gasteiger partial charge in [-0.2, -0.15) is 0 Å². The molecule has 11 heavy (non-hydrogen) atoms. The molecule has 4 heteroatoms. The molecule has 0 radical (unpaired) electrons. The van der Waals surface area contributed by atoms with Gasteiger partial charge in [-0.3, -0.25) is 0 Å². The van der Waals surface area contributed by atoms with Gasteiger partial charge in [0.05, 0.1) is 7.11 Å². The van der Waals surface area contributed by atoms with E-state index >= 15 is 0 Å². The van der Waals surface area contributed by atoms with Gasteiger partial charge in [0.25, 0.3) is 0 Å². The van der Waals surface area contributed by atoms with Gasteiger partial charge in [-0.05, 0) is 17.6 Å². The number of ether oxygens (including phenoxy) is 1. The summed E-state index contributed by atoms with van der Waals surface area (Å²) in [7, 11) is 2.78. The number of hydrogen-bond donors (Lipinski definition) is 0. The molecule has 1 aromatic carbocycles. The summed E-state index contributed by atoms with van der Waals surface area (Å²) in [5, 5.41) is 0. The Bertz CT molecular complexity index is 275. The summed E-state index contributed by atoms with van der Waals surface area (Å²) >= 11 is 0. The molecule has 0 heterocycles. The van der Waals surface area contributed by atoms with E-state index < -0.39 is 11.6 Å². The molecule has 0 bridgehead atoms. The fourth-order valence-corrected chi connectivity index (χ4v) is 0.885. The fraction of sp³-hybridized carbons (Fsp3) is 0.143. The molecular formula is C7H7BF2O. The molecule has 0 aliphatic heterocycles. The van der Waals surface area contributed by atoms with E-state index in [4.69, 9.17) is 0 Å². The van der Waals surface area contributed by atoms with Crippen molar-refractivity contribution in [2.75, 3.05) is 7.11 Å². The van der Waals surface area contributed by atoms with Crippen molar-refractivity contribution in [3.63, 3.8) is 0 Å². The Balaban J connectivity index is 3.29. The highest BCUT2D eigenvalue weighted by Gasteiger charge is 2.08. The van der Waals surface area contributed by atoms with Gasteiger partial charge >= 0.3 is 0 Å². The minimum absolute atomic E-state index is 0.0231. The third kappa shape index (κ3) is 1.34. The molecule has 0 saturated carbocycles. The van der Waals surface area contributed by atoms with Crippen molar-refractivity contribution in [3.05, 3.63) is 23.8 Å². The molecule has 0 saturated heterocycles. The zero-order valence-corrected chi connectivity index (χ0v) is 6.32. The van der Waals surface area contributed by atoms with Crippen molar-refractivity contribution in [2.45, 2.75) is 0 Å². The van der Waals surface area contributed by atoms with Gasteiger partial charge < -0.3 is 4.74 Å². The average molecular weight is 156 g/mol. The largest absolute Gasteiger partial charge is 0.494 e. The Morgan fingerprint density at radius 2 is 1.82 bits per heavy atom. The second-order valence-electron chi connectivity index (χ2n) is 2.19. The summed E-state index contributed by atoms with van der Waals surface area (Å²) in [5.74, 6) is -1.01. The number of rotatable bonds is 1. The van der Waals surface area contributed by atoms with E-state index in [9.17, 15) is 8.78 Å². The van der Waals surface area contributed by atoms with E-state index in [2.05, 4.69) is 4.74 Å². The van der Waals surface area contributed by atoms with Crippen LogP contribution in [0.2, 0.25) is 0 Å². The smallest absolute Gasteiger partial charge is 0.164 e. The van der Waals surface area contributed by atoms with Crippen LogP contribution in [0, 0.1) is 11.6 Å². The maximum absolute atomic E-state index is 12.7. The van der Waals surface area contributed by atoms with Crippen LogP contribution in [-0.2, 0) is 0 Å². The van der Waals surface area contributed by atoms with E-state index in [1.807, 2.05) is 0 Å². The van der Waals surface area contributed by atoms with E-state index in [0.717, 1.165) is 12.1 Å². The quantitative estimate of drug-likeness (QED) is 0.529. The lowest BCUT2D eigenvalue weighted by Gasteiger charge is -2.05. The highest BCUT2D eigenvalue weighted by atomic mass is 19.1. The molecule has 0 spiro atoms. The van der Waals surface area contributed by atoms with Gasteiger partial charge in [0.2, 0.25) is 0 Å². The fourth-order valence-electron chi connectivity index (χ4n) is 0.885. The van der Waals surface area contributed by atoms with Gasteiger partial charge in [0, 0.05) is 0 Å². The maximum atomic E-state index is 12.7. The first-order chi connectivity index (χ1) is 5.16. The van der Waals surface area contributed by atoms with Crippen molar-refractivity contribution >= 4 is 13.3 Å². The molecule has 0 atom stereocenters. The molecule has 0 aromatic heterocycles. The van der Waals surface area contributed by atoms with Crippen LogP contribution in [0.25, 0.3) is 0 Å². The van der Waals surface area contributed by atoms with Crippen molar-refractivity contribution < 1.29 is 13.5 Å². The Morgan fingerprint density at radius 1 is 1.27 bits per heavy atom. The summed E-state index contributed by atoms with van der Waals surface area (Å²) in [5.41, 5.74) is 0.201. The Hall–Kier alpha value is -1.06. The lowest BCUT2D eigenvalue weighted by molar-refractivity contribution is 0.387. The number of methoxy groups -OCH3 is 1. The lowest BCUT2D eigenvalue weighted by atomic mass is 9.94. The van der Waals surface area contributed by atoms with Gasteiger partial charge in [-0.15, -0.1) is 0 Å². The van der Waals surface area contributed by atoms with Crippen molar-refractivity contribution in [2.24, 2.45) is 0 Å². The molecule has 1 aromatic rings. The van der Waals surface area contributed by atoms with Crippen LogP contribution in [0.1, 0.15) is 0 Å². The van der Waals surface area contributed by atoms with Crippen LogP contribution >= 0.6 is 0 Å². The maximum Gasteiger partial charge on any atom is 0.164 e. The molecule has 1 rings (SSSR count). The Labute approximate surface area is 64.4 Å². The van der Waals surface area contributed by atoms with Crippen LogP contribution in [-0.4, -0.2) is 15.0 Å². The Morgan fingerprint density at radius 3 is 2.27 bits per heavy atom. The van der Waals surface area contributed by atoms with E-state index in [0.29, 0.717) is 0 Å². The van der Waals surface area contributed by atoms with Gasteiger partial charge in [0.1, 0.15) is 13.7 Å². The summed E-state index contributed by atoms with van der Waals surface area (Å²) in [6, 6.07) is 2.12. The highest BCUT2D eigenvalue weighted by molar-refractivity contribution is 6.34. The number of hydrogen-bond acceptors (Lipinski definition) is 1. The van der Waals surface area contributed by atoms with Crippen LogP contribution < -0.4 is 10.2 Å². The topological polar surface area (TPSA) is 9.23 Å². The molecule has 0 aliphatic carbocycles. The first-order valence-corrected chi connectivity index (χ1v) is 3.15.